The minimum Gasteiger partial charge on any atom is -0.338 e. The third-order valence-electron chi connectivity index (χ3n) is 4.57. The molecule has 4 aromatic rings. The van der Waals surface area contributed by atoms with Gasteiger partial charge in [0.2, 0.25) is 0 Å². The van der Waals surface area contributed by atoms with E-state index >= 15 is 0 Å². The van der Waals surface area contributed by atoms with Crippen molar-refractivity contribution in [2.75, 3.05) is 5.32 Å². The number of amides is 1. The van der Waals surface area contributed by atoms with Gasteiger partial charge in [-0.2, -0.15) is 0 Å². The Kier molecular flexibility index (Phi) is 4.42. The summed E-state index contributed by atoms with van der Waals surface area (Å²) in [6.45, 7) is 3.93. The van der Waals surface area contributed by atoms with Crippen LogP contribution in [0.1, 0.15) is 21.5 Å². The van der Waals surface area contributed by atoms with E-state index in [-0.39, 0.29) is 5.91 Å². The maximum absolute atomic E-state index is 12.5. The summed E-state index contributed by atoms with van der Waals surface area (Å²) in [7, 11) is 0. The van der Waals surface area contributed by atoms with Crippen LogP contribution in [0, 0.1) is 13.8 Å². The second-order valence-electron chi connectivity index (χ2n) is 6.55. The number of benzene rings is 3. The van der Waals surface area contributed by atoms with E-state index in [1.54, 1.807) is 18.2 Å². The van der Waals surface area contributed by atoms with Crippen molar-refractivity contribution >= 4 is 34.2 Å². The van der Waals surface area contributed by atoms with Crippen molar-refractivity contribution in [3.8, 4) is 11.4 Å². The number of hydrogen-bond donors (Lipinski definition) is 2. The molecule has 0 aliphatic carbocycles. The van der Waals surface area contributed by atoms with Crippen LogP contribution in [0.3, 0.4) is 0 Å². The second-order valence-corrected chi connectivity index (χ2v) is 6.96. The number of carbonyl (C=O) groups excluding carboxylic acids is 1. The summed E-state index contributed by atoms with van der Waals surface area (Å²) < 4.78 is 0. The number of H-pyrrole nitrogens is 1. The number of hydrogen-bond acceptors (Lipinski definition) is 2. The van der Waals surface area contributed by atoms with Gasteiger partial charge in [-0.3, -0.25) is 4.79 Å². The minimum atomic E-state index is -0.174. The van der Waals surface area contributed by atoms with Crippen molar-refractivity contribution in [2.24, 2.45) is 0 Å². The van der Waals surface area contributed by atoms with Gasteiger partial charge in [-0.05, 0) is 61.4 Å². The van der Waals surface area contributed by atoms with E-state index in [2.05, 4.69) is 28.3 Å². The zero-order valence-corrected chi connectivity index (χ0v) is 15.8. The molecule has 4 nitrogen and oxygen atoms in total. The third kappa shape index (κ3) is 3.44. The molecule has 0 bridgehead atoms. The molecule has 2 N–H and O–H groups in total. The number of nitrogens with one attached hydrogen (secondary N) is 2. The first-order valence-corrected chi connectivity index (χ1v) is 9.02. The molecule has 0 saturated carbocycles. The molecule has 3 aromatic carbocycles. The lowest BCUT2D eigenvalue weighted by Crippen LogP contribution is -2.12. The Hall–Kier alpha value is -3.11. The Balaban J connectivity index is 1.57. The first-order chi connectivity index (χ1) is 13.0. The number of anilines is 1. The molecule has 27 heavy (non-hydrogen) atoms. The van der Waals surface area contributed by atoms with Crippen LogP contribution in [0.4, 0.5) is 5.69 Å². The van der Waals surface area contributed by atoms with Crippen molar-refractivity contribution in [3.05, 3.63) is 82.4 Å². The molecule has 0 radical (unpaired) electrons. The predicted molar refractivity (Wildman–Crippen MR) is 110 cm³/mol. The maximum atomic E-state index is 12.5. The Labute approximate surface area is 162 Å². The fourth-order valence-corrected chi connectivity index (χ4v) is 3.15. The van der Waals surface area contributed by atoms with Gasteiger partial charge in [0.15, 0.2) is 0 Å². The van der Waals surface area contributed by atoms with Gasteiger partial charge in [0, 0.05) is 21.8 Å². The van der Waals surface area contributed by atoms with Gasteiger partial charge in [-0.1, -0.05) is 35.9 Å². The second kappa shape index (κ2) is 6.89. The predicted octanol–water partition coefficient (Wildman–Crippen LogP) is 5.75. The first-order valence-electron chi connectivity index (χ1n) is 8.64. The number of nitrogens with zero attached hydrogens (tertiary/aromatic N) is 1. The smallest absolute Gasteiger partial charge is 0.255 e. The maximum Gasteiger partial charge on any atom is 0.255 e. The number of carbonyl (C=O) groups is 1. The highest BCUT2D eigenvalue weighted by Crippen LogP contribution is 2.24. The van der Waals surface area contributed by atoms with Crippen LogP contribution in [-0.4, -0.2) is 15.9 Å². The van der Waals surface area contributed by atoms with Gasteiger partial charge >= 0.3 is 0 Å². The van der Waals surface area contributed by atoms with E-state index in [9.17, 15) is 4.79 Å². The van der Waals surface area contributed by atoms with Crippen molar-refractivity contribution in [1.29, 1.82) is 0 Å². The molecule has 4 rings (SSSR count). The van der Waals surface area contributed by atoms with Gasteiger partial charge in [0.05, 0.1) is 11.0 Å². The third-order valence-corrected chi connectivity index (χ3v) is 4.98. The van der Waals surface area contributed by atoms with E-state index in [0.717, 1.165) is 28.0 Å². The van der Waals surface area contributed by atoms with Crippen molar-refractivity contribution in [2.45, 2.75) is 13.8 Å². The Morgan fingerprint density at radius 2 is 1.81 bits per heavy atom. The summed E-state index contributed by atoms with van der Waals surface area (Å²) in [4.78, 5) is 20.5. The molecular weight excluding hydrogens is 358 g/mol. The Bertz CT molecular complexity index is 1150. The van der Waals surface area contributed by atoms with Crippen molar-refractivity contribution in [1.82, 2.24) is 9.97 Å². The molecule has 5 heteroatoms. The van der Waals surface area contributed by atoms with Crippen LogP contribution in [0.5, 0.6) is 0 Å². The van der Waals surface area contributed by atoms with Crippen LogP contribution in [0.25, 0.3) is 22.4 Å². The Morgan fingerprint density at radius 3 is 2.59 bits per heavy atom. The van der Waals surface area contributed by atoms with E-state index in [0.29, 0.717) is 16.3 Å². The number of aromatic nitrogens is 2. The standard InChI is InChI=1S/C22H18ClN3O/c1-13-6-11-19-20(12-13)25-21(24-19)15-7-9-16(10-8-15)22(27)26-18-5-3-4-17(23)14(18)2/h3-12H,1-2H3,(H,24,25)(H,26,27). The highest BCUT2D eigenvalue weighted by atomic mass is 35.5. The van der Waals surface area contributed by atoms with E-state index in [1.807, 2.05) is 43.3 Å². The largest absolute Gasteiger partial charge is 0.338 e. The van der Waals surface area contributed by atoms with Crippen molar-refractivity contribution < 1.29 is 4.79 Å². The molecular formula is C22H18ClN3O. The summed E-state index contributed by atoms with van der Waals surface area (Å²) >= 11 is 6.11. The van der Waals surface area contributed by atoms with Crippen LogP contribution in [-0.2, 0) is 0 Å². The van der Waals surface area contributed by atoms with Crippen molar-refractivity contribution in [3.63, 3.8) is 0 Å². The van der Waals surface area contributed by atoms with Crippen LogP contribution in [0.15, 0.2) is 60.7 Å². The lowest BCUT2D eigenvalue weighted by atomic mass is 10.1. The van der Waals surface area contributed by atoms with Crippen LogP contribution in [0.2, 0.25) is 5.02 Å². The molecule has 0 aliphatic rings. The number of aromatic amines is 1. The van der Waals surface area contributed by atoms with Gasteiger partial charge in [-0.15, -0.1) is 0 Å². The molecule has 0 saturated heterocycles. The lowest BCUT2D eigenvalue weighted by Gasteiger charge is -2.09. The summed E-state index contributed by atoms with van der Waals surface area (Å²) in [5.41, 5.74) is 6.17. The highest BCUT2D eigenvalue weighted by Gasteiger charge is 2.11. The molecule has 134 valence electrons. The van der Waals surface area contributed by atoms with Gasteiger partial charge < -0.3 is 10.3 Å². The fraction of sp³-hybridized carbons (Fsp3) is 0.0909. The zero-order chi connectivity index (χ0) is 19.0. The minimum absolute atomic E-state index is 0.174. The van der Waals surface area contributed by atoms with E-state index in [4.69, 9.17) is 11.6 Å². The average Bonchev–Trinajstić information content (AvgIpc) is 3.08. The number of halogens is 1. The fourth-order valence-electron chi connectivity index (χ4n) is 2.98. The quantitative estimate of drug-likeness (QED) is 0.478. The molecule has 1 heterocycles. The summed E-state index contributed by atoms with van der Waals surface area (Å²) in [5.74, 6) is 0.611. The number of imidazole rings is 1. The Morgan fingerprint density at radius 1 is 1.04 bits per heavy atom. The van der Waals surface area contributed by atoms with E-state index in [1.165, 1.54) is 5.56 Å². The monoisotopic (exact) mass is 375 g/mol. The van der Waals surface area contributed by atoms with Gasteiger partial charge in [-0.25, -0.2) is 4.98 Å². The van der Waals surface area contributed by atoms with Gasteiger partial charge in [0.1, 0.15) is 5.82 Å². The van der Waals surface area contributed by atoms with Crippen LogP contribution >= 0.6 is 11.6 Å². The summed E-state index contributed by atoms with van der Waals surface area (Å²) in [6, 6.07) is 18.9. The summed E-state index contributed by atoms with van der Waals surface area (Å²) in [6.07, 6.45) is 0. The molecule has 0 fully saturated rings. The molecule has 0 atom stereocenters. The van der Waals surface area contributed by atoms with Crippen LogP contribution < -0.4 is 5.32 Å². The normalized spacial score (nSPS) is 10.9. The summed E-state index contributed by atoms with van der Waals surface area (Å²) in [5, 5.41) is 3.54. The lowest BCUT2D eigenvalue weighted by molar-refractivity contribution is 0.102. The number of aryl methyl sites for hydroxylation is 1. The molecule has 0 aliphatic heterocycles. The zero-order valence-electron chi connectivity index (χ0n) is 15.0. The molecule has 1 amide bonds. The number of fused-ring (bicyclic) bond motifs is 1. The highest BCUT2D eigenvalue weighted by molar-refractivity contribution is 6.31. The van der Waals surface area contributed by atoms with E-state index < -0.39 is 0 Å². The SMILES string of the molecule is Cc1ccc2nc(-c3ccc(C(=O)Nc4cccc(Cl)c4C)cc3)[nH]c2c1. The first kappa shape index (κ1) is 17.3. The average molecular weight is 376 g/mol. The molecule has 1 aromatic heterocycles. The number of rotatable bonds is 3. The van der Waals surface area contributed by atoms with Gasteiger partial charge in [0.25, 0.3) is 5.91 Å². The molecule has 0 unspecified atom stereocenters. The molecule has 0 spiro atoms. The topological polar surface area (TPSA) is 57.8 Å².